The van der Waals surface area contributed by atoms with E-state index in [0.717, 1.165) is 0 Å². The molecule has 0 radical (unpaired) electrons. The Hall–Kier alpha value is -3.22. The number of para-hydroxylation sites is 1. The molecule has 0 aliphatic rings. The van der Waals surface area contributed by atoms with Gasteiger partial charge < -0.3 is 11.1 Å². The van der Waals surface area contributed by atoms with Crippen LogP contribution in [0.5, 0.6) is 0 Å². The molecule has 22 heavy (non-hydrogen) atoms. The number of aryl methyl sites for hydroxylation is 1. The molecule has 7 nitrogen and oxygen atoms in total. The summed E-state index contributed by atoms with van der Waals surface area (Å²) in [5.74, 6) is -1.23. The van der Waals surface area contributed by atoms with Gasteiger partial charge in [-0.1, -0.05) is 18.2 Å². The van der Waals surface area contributed by atoms with Gasteiger partial charge in [-0.05, 0) is 25.1 Å². The third-order valence-electron chi connectivity index (χ3n) is 3.11. The second-order valence-electron chi connectivity index (χ2n) is 4.62. The van der Waals surface area contributed by atoms with Gasteiger partial charge in [0, 0.05) is 17.2 Å². The van der Waals surface area contributed by atoms with Crippen LogP contribution in [0.1, 0.15) is 26.3 Å². The van der Waals surface area contributed by atoms with E-state index in [4.69, 9.17) is 5.73 Å². The Morgan fingerprint density at radius 1 is 1.18 bits per heavy atom. The summed E-state index contributed by atoms with van der Waals surface area (Å²) in [5, 5.41) is 13.4. The zero-order chi connectivity index (χ0) is 16.3. The van der Waals surface area contributed by atoms with Crippen LogP contribution in [0.2, 0.25) is 0 Å². The van der Waals surface area contributed by atoms with Gasteiger partial charge in [0.05, 0.1) is 16.2 Å². The Morgan fingerprint density at radius 3 is 2.50 bits per heavy atom. The van der Waals surface area contributed by atoms with Crippen molar-refractivity contribution in [3.8, 4) is 0 Å². The Bertz CT molecular complexity index is 771. The van der Waals surface area contributed by atoms with E-state index in [9.17, 15) is 19.7 Å². The van der Waals surface area contributed by atoms with E-state index in [0.29, 0.717) is 5.56 Å². The maximum Gasteiger partial charge on any atom is 0.273 e. The van der Waals surface area contributed by atoms with Crippen LogP contribution in [0.25, 0.3) is 0 Å². The lowest BCUT2D eigenvalue weighted by atomic mass is 10.1. The molecule has 2 aromatic rings. The number of nitrogens with two attached hydrogens (primary N) is 1. The van der Waals surface area contributed by atoms with Gasteiger partial charge in [-0.15, -0.1) is 0 Å². The molecular formula is C15H13N3O4. The molecule has 0 bridgehead atoms. The summed E-state index contributed by atoms with van der Waals surface area (Å²) < 4.78 is 0. The zero-order valence-corrected chi connectivity index (χ0v) is 11.7. The topological polar surface area (TPSA) is 115 Å². The molecule has 0 saturated carbocycles. The normalized spacial score (nSPS) is 10.0. The number of anilines is 1. The molecule has 0 spiro atoms. The highest BCUT2D eigenvalue weighted by Gasteiger charge is 2.16. The number of hydrogen-bond acceptors (Lipinski definition) is 4. The van der Waals surface area contributed by atoms with Crippen LogP contribution in [-0.2, 0) is 0 Å². The molecule has 0 fully saturated rings. The lowest BCUT2D eigenvalue weighted by Gasteiger charge is -2.09. The van der Waals surface area contributed by atoms with Gasteiger partial charge in [-0.2, -0.15) is 0 Å². The highest BCUT2D eigenvalue weighted by molar-refractivity contribution is 6.08. The molecule has 3 N–H and O–H groups in total. The van der Waals surface area contributed by atoms with E-state index in [-0.39, 0.29) is 22.5 Å². The molecule has 0 atom stereocenters. The second-order valence-corrected chi connectivity index (χ2v) is 4.62. The largest absolute Gasteiger partial charge is 0.366 e. The van der Waals surface area contributed by atoms with Crippen molar-refractivity contribution in [2.45, 2.75) is 6.92 Å². The summed E-state index contributed by atoms with van der Waals surface area (Å²) in [6.45, 7) is 1.59. The second kappa shape index (κ2) is 6.04. The van der Waals surface area contributed by atoms with Gasteiger partial charge in [0.1, 0.15) is 0 Å². The summed E-state index contributed by atoms with van der Waals surface area (Å²) in [6.07, 6.45) is 0. The first-order chi connectivity index (χ1) is 10.4. The lowest BCUT2D eigenvalue weighted by molar-refractivity contribution is -0.385. The smallest absolute Gasteiger partial charge is 0.273 e. The molecular weight excluding hydrogens is 286 g/mol. The third-order valence-corrected chi connectivity index (χ3v) is 3.11. The average molecular weight is 299 g/mol. The molecule has 2 rings (SSSR count). The maximum atomic E-state index is 12.2. The standard InChI is InChI=1S/C15H13N3O4/c1-9-6-7-10(8-13(9)18(21)22)15(20)17-12-5-3-2-4-11(12)14(16)19/h2-8H,1H3,(H2,16,19)(H,17,20). The maximum absolute atomic E-state index is 12.2. The van der Waals surface area contributed by atoms with E-state index < -0.39 is 16.7 Å². The highest BCUT2D eigenvalue weighted by Crippen LogP contribution is 2.21. The van der Waals surface area contributed by atoms with E-state index >= 15 is 0 Å². The summed E-state index contributed by atoms with van der Waals surface area (Å²) in [6, 6.07) is 10.4. The summed E-state index contributed by atoms with van der Waals surface area (Å²) >= 11 is 0. The van der Waals surface area contributed by atoms with Crippen molar-refractivity contribution in [1.29, 1.82) is 0 Å². The number of benzene rings is 2. The average Bonchev–Trinajstić information content (AvgIpc) is 2.47. The predicted molar refractivity (Wildman–Crippen MR) is 80.7 cm³/mol. The van der Waals surface area contributed by atoms with Crippen LogP contribution >= 0.6 is 0 Å². The number of primary amides is 1. The first-order valence-electron chi connectivity index (χ1n) is 6.35. The van der Waals surface area contributed by atoms with E-state index in [1.807, 2.05) is 0 Å². The minimum atomic E-state index is -0.675. The Labute approximate surface area is 125 Å². The number of hydrogen-bond donors (Lipinski definition) is 2. The van der Waals surface area contributed by atoms with Crippen LogP contribution in [-0.4, -0.2) is 16.7 Å². The van der Waals surface area contributed by atoms with Crippen LogP contribution in [0.4, 0.5) is 11.4 Å². The first-order valence-corrected chi connectivity index (χ1v) is 6.35. The zero-order valence-electron chi connectivity index (χ0n) is 11.7. The van der Waals surface area contributed by atoms with Gasteiger partial charge in [0.15, 0.2) is 0 Å². The van der Waals surface area contributed by atoms with Crippen molar-refractivity contribution in [3.05, 3.63) is 69.3 Å². The highest BCUT2D eigenvalue weighted by atomic mass is 16.6. The van der Waals surface area contributed by atoms with Gasteiger partial charge in [-0.3, -0.25) is 19.7 Å². The fraction of sp³-hybridized carbons (Fsp3) is 0.0667. The Kier molecular flexibility index (Phi) is 4.17. The van der Waals surface area contributed by atoms with Crippen molar-refractivity contribution in [2.75, 3.05) is 5.32 Å². The molecule has 0 aromatic heterocycles. The van der Waals surface area contributed by atoms with Crippen molar-refractivity contribution >= 4 is 23.2 Å². The molecule has 0 aliphatic heterocycles. The number of nitrogens with zero attached hydrogens (tertiary/aromatic N) is 1. The number of nitro groups is 1. The minimum Gasteiger partial charge on any atom is -0.366 e. The van der Waals surface area contributed by atoms with Gasteiger partial charge in [-0.25, -0.2) is 0 Å². The molecule has 0 unspecified atom stereocenters. The van der Waals surface area contributed by atoms with E-state index in [1.165, 1.54) is 30.3 Å². The number of nitrogens with one attached hydrogen (secondary N) is 1. The van der Waals surface area contributed by atoms with Crippen LogP contribution in [0.3, 0.4) is 0 Å². The minimum absolute atomic E-state index is 0.122. The van der Waals surface area contributed by atoms with Gasteiger partial charge >= 0.3 is 0 Å². The molecule has 2 aromatic carbocycles. The number of carbonyl (C=O) groups excluding carboxylic acids is 2. The van der Waals surface area contributed by atoms with Crippen LogP contribution < -0.4 is 11.1 Å². The van der Waals surface area contributed by atoms with Crippen molar-refractivity contribution < 1.29 is 14.5 Å². The van der Waals surface area contributed by atoms with E-state index in [2.05, 4.69) is 5.32 Å². The molecule has 0 aliphatic carbocycles. The SMILES string of the molecule is Cc1ccc(C(=O)Nc2ccccc2C(N)=O)cc1[N+](=O)[O-]. The predicted octanol–water partition coefficient (Wildman–Crippen LogP) is 2.25. The fourth-order valence-electron chi connectivity index (χ4n) is 1.95. The Balaban J connectivity index is 2.33. The summed E-state index contributed by atoms with van der Waals surface area (Å²) in [5.41, 5.74) is 6.09. The molecule has 7 heteroatoms. The Morgan fingerprint density at radius 2 is 1.86 bits per heavy atom. The number of rotatable bonds is 4. The van der Waals surface area contributed by atoms with Crippen molar-refractivity contribution in [3.63, 3.8) is 0 Å². The van der Waals surface area contributed by atoms with Crippen molar-refractivity contribution in [1.82, 2.24) is 0 Å². The molecule has 112 valence electrons. The monoisotopic (exact) mass is 299 g/mol. The van der Waals surface area contributed by atoms with Crippen LogP contribution in [0, 0.1) is 17.0 Å². The van der Waals surface area contributed by atoms with Crippen LogP contribution in [0.15, 0.2) is 42.5 Å². The fourth-order valence-corrected chi connectivity index (χ4v) is 1.95. The van der Waals surface area contributed by atoms with E-state index in [1.54, 1.807) is 19.1 Å². The summed E-state index contributed by atoms with van der Waals surface area (Å²) in [7, 11) is 0. The van der Waals surface area contributed by atoms with Gasteiger partial charge in [0.25, 0.3) is 17.5 Å². The van der Waals surface area contributed by atoms with Gasteiger partial charge in [0.2, 0.25) is 0 Å². The number of amides is 2. The van der Waals surface area contributed by atoms with Crippen molar-refractivity contribution in [2.24, 2.45) is 5.73 Å². The molecule has 0 heterocycles. The first kappa shape index (κ1) is 15.2. The third kappa shape index (κ3) is 3.09. The molecule has 0 saturated heterocycles. The number of nitro benzene ring substituents is 1. The number of carbonyl (C=O) groups is 2. The summed E-state index contributed by atoms with van der Waals surface area (Å²) in [4.78, 5) is 33.9. The molecule has 2 amide bonds. The quantitative estimate of drug-likeness (QED) is 0.665. The lowest BCUT2D eigenvalue weighted by Crippen LogP contribution is -2.18.